The molecule has 196 valence electrons. The zero-order valence-electron chi connectivity index (χ0n) is 19.2. The lowest BCUT2D eigenvalue weighted by Gasteiger charge is -2.41. The lowest BCUT2D eigenvalue weighted by molar-refractivity contribution is -0.140. The monoisotopic (exact) mass is 549 g/mol. The summed E-state index contributed by atoms with van der Waals surface area (Å²) in [5.74, 6) is -4.44. The van der Waals surface area contributed by atoms with Crippen molar-refractivity contribution in [3.8, 4) is 0 Å². The van der Waals surface area contributed by atoms with Crippen LogP contribution < -0.4 is 4.31 Å². The van der Waals surface area contributed by atoms with Crippen molar-refractivity contribution in [3.05, 3.63) is 65.0 Å². The van der Waals surface area contributed by atoms with E-state index in [1.54, 1.807) is 6.92 Å². The minimum Gasteiger partial charge on any atom is -0.755 e. The minimum absolute atomic E-state index is 0.0762. The molecule has 0 bridgehead atoms. The van der Waals surface area contributed by atoms with Gasteiger partial charge >= 0.3 is 6.18 Å². The van der Waals surface area contributed by atoms with Crippen molar-refractivity contribution in [2.24, 2.45) is 0 Å². The van der Waals surface area contributed by atoms with Gasteiger partial charge in [-0.25, -0.2) is 13.2 Å². The highest BCUT2D eigenvalue weighted by Gasteiger charge is 2.39. The fourth-order valence-electron chi connectivity index (χ4n) is 4.61. The van der Waals surface area contributed by atoms with Gasteiger partial charge in [-0.1, -0.05) is 24.3 Å². The van der Waals surface area contributed by atoms with Crippen LogP contribution in [0.25, 0.3) is 10.1 Å². The van der Waals surface area contributed by atoms with Crippen LogP contribution in [0.2, 0.25) is 0 Å². The van der Waals surface area contributed by atoms with Gasteiger partial charge in [-0.3, -0.25) is 13.4 Å². The summed E-state index contributed by atoms with van der Waals surface area (Å²) >= 11 is -1.55. The molecule has 1 aliphatic heterocycles. The van der Waals surface area contributed by atoms with E-state index in [0.717, 1.165) is 14.4 Å². The average molecular weight is 550 g/mol. The molecule has 0 saturated carbocycles. The molecule has 4 rings (SSSR count). The molecule has 0 spiro atoms. The van der Waals surface area contributed by atoms with Gasteiger partial charge < -0.3 is 4.55 Å². The third-order valence-electron chi connectivity index (χ3n) is 6.35. The van der Waals surface area contributed by atoms with E-state index in [0.29, 0.717) is 22.7 Å². The molecular weight excluding hydrogens is 526 g/mol. The number of anilines is 1. The van der Waals surface area contributed by atoms with Crippen LogP contribution in [-0.2, 0) is 23.9 Å². The van der Waals surface area contributed by atoms with Crippen molar-refractivity contribution in [2.45, 2.75) is 44.3 Å². The summed E-state index contributed by atoms with van der Waals surface area (Å²) in [6, 6.07) is 8.96. The molecule has 0 amide bonds. The first-order chi connectivity index (χ1) is 16.9. The third kappa shape index (κ3) is 5.87. The van der Waals surface area contributed by atoms with Crippen LogP contribution in [-0.4, -0.2) is 45.3 Å². The Morgan fingerprint density at radius 2 is 1.94 bits per heavy atom. The summed E-state index contributed by atoms with van der Waals surface area (Å²) in [4.78, 5) is 1.42. The van der Waals surface area contributed by atoms with Crippen LogP contribution in [0.4, 0.5) is 31.3 Å². The number of hydrogen-bond acceptors (Lipinski definition) is 4. The molecular formula is C24H23F6N2O2S2-. The van der Waals surface area contributed by atoms with E-state index in [2.05, 4.69) is 0 Å². The van der Waals surface area contributed by atoms with E-state index in [1.165, 1.54) is 22.3 Å². The molecule has 1 aliphatic rings. The largest absolute Gasteiger partial charge is 0.755 e. The number of rotatable bonds is 7. The average Bonchev–Trinajstić information content (AvgIpc) is 3.12. The topological polar surface area (TPSA) is 46.6 Å². The number of alkyl halides is 5. The number of piperidine rings is 1. The van der Waals surface area contributed by atoms with E-state index in [9.17, 15) is 35.1 Å². The summed E-state index contributed by atoms with van der Waals surface area (Å²) in [5, 5.41) is 1.26. The smallest absolute Gasteiger partial charge is 0.419 e. The van der Waals surface area contributed by atoms with Crippen molar-refractivity contribution in [3.63, 3.8) is 0 Å². The van der Waals surface area contributed by atoms with Crippen LogP contribution in [0, 0.1) is 12.7 Å². The summed E-state index contributed by atoms with van der Waals surface area (Å²) in [5.41, 5.74) is -0.677. The Labute approximate surface area is 210 Å². The quantitative estimate of drug-likeness (QED) is 0.256. The van der Waals surface area contributed by atoms with Crippen molar-refractivity contribution in [2.75, 3.05) is 23.9 Å². The Hall–Kier alpha value is -2.15. The van der Waals surface area contributed by atoms with Crippen LogP contribution >= 0.6 is 11.3 Å². The number of fused-ring (bicyclic) bond motifs is 1. The summed E-state index contributed by atoms with van der Waals surface area (Å²) in [6.45, 7) is 1.10. The van der Waals surface area contributed by atoms with Gasteiger partial charge in [0.15, 0.2) is 0 Å². The van der Waals surface area contributed by atoms with Gasteiger partial charge in [-0.05, 0) is 61.0 Å². The maximum absolute atomic E-state index is 14.3. The minimum atomic E-state index is -4.93. The van der Waals surface area contributed by atoms with Crippen LogP contribution in [0.15, 0.2) is 42.5 Å². The molecule has 2 heterocycles. The standard InChI is InChI=1S/C24H24F6N2O2S2/c1-15-18-5-2-3-6-21(18)35-22(15)32(36(33)34)13-17(31-10-4-9-23(26,27)14-31)11-16-7-8-20(25)19(12-16)24(28,29)30/h2-3,5-8,12,17H,4,9-11,13-14H2,1H3,(H,33,34)/p-1. The van der Waals surface area contributed by atoms with Crippen LogP contribution in [0.5, 0.6) is 0 Å². The first-order valence-corrected chi connectivity index (χ1v) is 13.0. The molecule has 1 saturated heterocycles. The molecule has 2 aromatic carbocycles. The number of halogens is 6. The number of nitrogens with zero attached hydrogens (tertiary/aromatic N) is 2. The Morgan fingerprint density at radius 1 is 1.22 bits per heavy atom. The first kappa shape index (κ1) is 26.9. The van der Waals surface area contributed by atoms with E-state index in [1.807, 2.05) is 24.3 Å². The van der Waals surface area contributed by atoms with Gasteiger partial charge in [-0.15, -0.1) is 11.3 Å². The third-order valence-corrected chi connectivity index (χ3v) is 8.45. The fraction of sp³-hybridized carbons (Fsp3) is 0.417. The Morgan fingerprint density at radius 3 is 2.58 bits per heavy atom. The molecule has 4 nitrogen and oxygen atoms in total. The molecule has 2 unspecified atom stereocenters. The van der Waals surface area contributed by atoms with Crippen LogP contribution in [0.1, 0.15) is 29.5 Å². The highest BCUT2D eigenvalue weighted by Crippen LogP contribution is 2.39. The number of likely N-dealkylation sites (tertiary alicyclic amines) is 1. The predicted molar refractivity (Wildman–Crippen MR) is 127 cm³/mol. The number of aryl methyl sites for hydroxylation is 1. The number of thiophene rings is 1. The second-order valence-electron chi connectivity index (χ2n) is 8.91. The van der Waals surface area contributed by atoms with Gasteiger partial charge in [0.2, 0.25) is 0 Å². The Balaban J connectivity index is 1.71. The normalized spacial score (nSPS) is 18.3. The van der Waals surface area contributed by atoms with Crippen molar-refractivity contribution < 1.29 is 35.1 Å². The maximum atomic E-state index is 14.3. The zero-order chi connectivity index (χ0) is 26.3. The van der Waals surface area contributed by atoms with Gasteiger partial charge in [0.05, 0.1) is 12.1 Å². The molecule has 36 heavy (non-hydrogen) atoms. The van der Waals surface area contributed by atoms with Gasteiger partial charge in [0.1, 0.15) is 10.8 Å². The van der Waals surface area contributed by atoms with Gasteiger partial charge in [0.25, 0.3) is 5.92 Å². The SMILES string of the molecule is Cc1c(N(CC(Cc2ccc(F)c(C(F)(F)F)c2)N2CCCC(F)(F)C2)S(=O)[O-])sc2ccccc12. The fourth-order valence-corrected chi connectivity index (χ4v) is 6.59. The molecule has 0 aliphatic carbocycles. The van der Waals surface area contributed by atoms with Crippen molar-refractivity contribution >= 4 is 37.7 Å². The van der Waals surface area contributed by atoms with Crippen molar-refractivity contribution in [1.29, 1.82) is 0 Å². The number of benzene rings is 2. The lowest BCUT2D eigenvalue weighted by atomic mass is 9.98. The molecule has 1 aromatic heterocycles. The van der Waals surface area contributed by atoms with Gasteiger partial charge in [0, 0.05) is 35.0 Å². The van der Waals surface area contributed by atoms with E-state index < -0.39 is 47.3 Å². The second-order valence-corrected chi connectivity index (χ2v) is 10.8. The highest BCUT2D eigenvalue weighted by atomic mass is 32.2. The Bertz CT molecular complexity index is 1260. The number of hydrogen-bond donors (Lipinski definition) is 0. The maximum Gasteiger partial charge on any atom is 0.419 e. The molecule has 3 aromatic rings. The summed E-state index contributed by atoms with van der Waals surface area (Å²) in [7, 11) is 0. The van der Waals surface area contributed by atoms with Crippen LogP contribution in [0.3, 0.4) is 0 Å². The van der Waals surface area contributed by atoms with Crippen molar-refractivity contribution in [1.82, 2.24) is 4.90 Å². The molecule has 1 fully saturated rings. The van der Waals surface area contributed by atoms with E-state index >= 15 is 0 Å². The highest BCUT2D eigenvalue weighted by molar-refractivity contribution is 7.81. The Kier molecular flexibility index (Phi) is 7.70. The van der Waals surface area contributed by atoms with E-state index in [4.69, 9.17) is 0 Å². The summed E-state index contributed by atoms with van der Waals surface area (Å²) < 4.78 is 109. The molecule has 2 atom stereocenters. The second kappa shape index (κ2) is 10.3. The van der Waals surface area contributed by atoms with E-state index in [-0.39, 0.29) is 37.9 Å². The zero-order valence-corrected chi connectivity index (χ0v) is 20.8. The molecule has 12 heteroatoms. The first-order valence-electron chi connectivity index (χ1n) is 11.2. The summed E-state index contributed by atoms with van der Waals surface area (Å²) in [6.07, 6.45) is -5.26. The molecule has 0 radical (unpaired) electrons. The van der Waals surface area contributed by atoms with Gasteiger partial charge in [-0.2, -0.15) is 13.2 Å². The molecule has 0 N–H and O–H groups in total. The lowest BCUT2D eigenvalue weighted by Crippen LogP contribution is -2.52. The predicted octanol–water partition coefficient (Wildman–Crippen LogP) is 6.31.